The summed E-state index contributed by atoms with van der Waals surface area (Å²) in [5.74, 6) is -0.667. The minimum Gasteiger partial charge on any atom is -0.471 e. The molecule has 3 aromatic carbocycles. The molecule has 0 radical (unpaired) electrons. The highest BCUT2D eigenvalue weighted by Gasteiger charge is 2.44. The van der Waals surface area contributed by atoms with E-state index in [4.69, 9.17) is 19.9 Å². The number of fused-ring (bicyclic) bond motifs is 1. The zero-order valence-corrected chi connectivity index (χ0v) is 22.7. The zero-order chi connectivity index (χ0) is 28.9. The Bertz CT molecular complexity index is 1680. The van der Waals surface area contributed by atoms with Crippen molar-refractivity contribution in [2.75, 3.05) is 18.9 Å². The molecule has 10 nitrogen and oxygen atoms in total. The highest BCUT2D eigenvalue weighted by Crippen LogP contribution is 2.46. The van der Waals surface area contributed by atoms with E-state index < -0.39 is 11.9 Å². The summed E-state index contributed by atoms with van der Waals surface area (Å²) in [5.41, 5.74) is 9.01. The van der Waals surface area contributed by atoms with E-state index in [-0.39, 0.29) is 37.0 Å². The number of aromatic nitrogens is 4. The lowest BCUT2D eigenvalue weighted by Gasteiger charge is -2.44. The van der Waals surface area contributed by atoms with Crippen LogP contribution in [0.3, 0.4) is 0 Å². The van der Waals surface area contributed by atoms with Gasteiger partial charge in [0.15, 0.2) is 11.2 Å². The Hall–Kier alpha value is -5.25. The summed E-state index contributed by atoms with van der Waals surface area (Å²) in [6.07, 6.45) is 2.34. The van der Waals surface area contributed by atoms with Crippen molar-refractivity contribution < 1.29 is 23.8 Å². The fourth-order valence-corrected chi connectivity index (χ4v) is 5.18. The number of hydrogen-bond donors (Lipinski definition) is 1. The van der Waals surface area contributed by atoms with E-state index in [1.54, 1.807) is 54.9 Å². The molecule has 0 spiro atoms. The molecule has 10 heteroatoms. The summed E-state index contributed by atoms with van der Waals surface area (Å²) in [4.78, 5) is 38.7. The van der Waals surface area contributed by atoms with Crippen molar-refractivity contribution in [3.05, 3.63) is 114 Å². The fourth-order valence-electron chi connectivity index (χ4n) is 5.18. The lowest BCUT2D eigenvalue weighted by Crippen LogP contribution is -2.44. The topological polar surface area (TPSA) is 131 Å². The van der Waals surface area contributed by atoms with Gasteiger partial charge in [-0.15, -0.1) is 0 Å². The van der Waals surface area contributed by atoms with Crippen LogP contribution in [0, 0.1) is 11.8 Å². The number of imidazole rings is 1. The molecule has 2 N–H and O–H groups in total. The van der Waals surface area contributed by atoms with Crippen LogP contribution in [0.2, 0.25) is 0 Å². The molecule has 3 unspecified atom stereocenters. The molecule has 6 rings (SSSR count). The molecule has 0 bridgehead atoms. The average molecular weight is 564 g/mol. The van der Waals surface area contributed by atoms with Crippen LogP contribution in [0.15, 0.2) is 97.3 Å². The van der Waals surface area contributed by atoms with Crippen molar-refractivity contribution in [3.63, 3.8) is 0 Å². The number of benzene rings is 3. The molecule has 3 atom stereocenters. The van der Waals surface area contributed by atoms with Gasteiger partial charge >= 0.3 is 11.9 Å². The summed E-state index contributed by atoms with van der Waals surface area (Å²) in [6.45, 7) is 0.617. The van der Waals surface area contributed by atoms with Crippen LogP contribution in [0.5, 0.6) is 5.88 Å². The van der Waals surface area contributed by atoms with Gasteiger partial charge in [-0.1, -0.05) is 66.7 Å². The fraction of sp³-hybridized carbons (Fsp3) is 0.219. The second-order valence-corrected chi connectivity index (χ2v) is 10.1. The molecule has 0 aliphatic heterocycles. The van der Waals surface area contributed by atoms with Crippen LogP contribution in [0.25, 0.3) is 11.2 Å². The Kier molecular flexibility index (Phi) is 7.76. The van der Waals surface area contributed by atoms with E-state index in [2.05, 4.69) is 15.0 Å². The Morgan fingerprint density at radius 1 is 0.810 bits per heavy atom. The molecule has 5 aromatic rings. The SMILES string of the molecule is Nc1nc(OCc2ccccc2)c2ncn(C3CC(COC(=O)c4ccccc4)C3COC(=O)c3ccccc3)c2n1. The van der Waals surface area contributed by atoms with Gasteiger partial charge < -0.3 is 24.5 Å². The quantitative estimate of drug-likeness (QED) is 0.236. The Morgan fingerprint density at radius 3 is 2.05 bits per heavy atom. The lowest BCUT2D eigenvalue weighted by atomic mass is 9.69. The molecule has 2 heterocycles. The summed E-state index contributed by atoms with van der Waals surface area (Å²) in [6, 6.07) is 27.3. The van der Waals surface area contributed by atoms with Crippen LogP contribution in [-0.4, -0.2) is 44.7 Å². The Morgan fingerprint density at radius 2 is 1.40 bits per heavy atom. The molecule has 0 amide bonds. The van der Waals surface area contributed by atoms with Gasteiger partial charge in [-0.3, -0.25) is 0 Å². The number of rotatable bonds is 10. The van der Waals surface area contributed by atoms with Crippen LogP contribution in [0.4, 0.5) is 5.95 Å². The number of nitrogens with two attached hydrogens (primary N) is 1. The number of ether oxygens (including phenoxy) is 3. The third kappa shape index (κ3) is 5.78. The average Bonchev–Trinajstić information content (AvgIpc) is 3.43. The van der Waals surface area contributed by atoms with E-state index in [0.717, 1.165) is 5.56 Å². The smallest absolute Gasteiger partial charge is 0.338 e. The maximum Gasteiger partial charge on any atom is 0.338 e. The van der Waals surface area contributed by atoms with Crippen molar-refractivity contribution in [3.8, 4) is 5.88 Å². The van der Waals surface area contributed by atoms with Crippen LogP contribution in [-0.2, 0) is 16.1 Å². The molecular formula is C32H29N5O5. The van der Waals surface area contributed by atoms with Gasteiger partial charge in [0, 0.05) is 17.9 Å². The highest BCUT2D eigenvalue weighted by atomic mass is 16.5. The first-order valence-corrected chi connectivity index (χ1v) is 13.7. The molecule has 1 aliphatic rings. The summed E-state index contributed by atoms with van der Waals surface area (Å²) < 4.78 is 19.3. The molecule has 2 aromatic heterocycles. The highest BCUT2D eigenvalue weighted by molar-refractivity contribution is 5.89. The monoisotopic (exact) mass is 563 g/mol. The summed E-state index contributed by atoms with van der Waals surface area (Å²) >= 11 is 0. The second kappa shape index (κ2) is 12.1. The van der Waals surface area contributed by atoms with E-state index in [9.17, 15) is 9.59 Å². The number of hydrogen-bond acceptors (Lipinski definition) is 9. The minimum atomic E-state index is -0.417. The zero-order valence-electron chi connectivity index (χ0n) is 22.7. The first-order valence-electron chi connectivity index (χ1n) is 13.7. The van der Waals surface area contributed by atoms with Gasteiger partial charge in [-0.05, 0) is 36.2 Å². The van der Waals surface area contributed by atoms with E-state index in [0.29, 0.717) is 41.2 Å². The third-order valence-corrected chi connectivity index (χ3v) is 7.48. The van der Waals surface area contributed by atoms with Crippen molar-refractivity contribution in [1.82, 2.24) is 19.5 Å². The van der Waals surface area contributed by atoms with Crippen molar-refractivity contribution in [2.24, 2.45) is 11.8 Å². The van der Waals surface area contributed by atoms with Gasteiger partial charge in [-0.25, -0.2) is 14.6 Å². The number of nitrogens with zero attached hydrogens (tertiary/aromatic N) is 4. The number of esters is 2. The molecule has 1 aliphatic carbocycles. The summed E-state index contributed by atoms with van der Waals surface area (Å²) in [5, 5.41) is 0. The standard InChI is InChI=1S/C32H29N5O5/c33-32-35-28-27(29(36-32)40-17-21-10-4-1-5-11-21)34-20-37(28)26-16-24(18-41-30(38)22-12-6-2-7-13-22)25(26)19-42-31(39)23-14-8-3-9-15-23/h1-15,20,24-26H,16-19H2,(H2,33,35,36). The normalized spacial score (nSPS) is 17.8. The Labute approximate surface area is 242 Å². The van der Waals surface area contributed by atoms with Gasteiger partial charge in [0.2, 0.25) is 11.8 Å². The molecule has 212 valence electrons. The van der Waals surface area contributed by atoms with Crippen molar-refractivity contribution in [1.29, 1.82) is 0 Å². The molecular weight excluding hydrogens is 534 g/mol. The molecule has 1 saturated carbocycles. The number of nitrogen functional groups attached to an aromatic ring is 1. The first-order chi connectivity index (χ1) is 20.6. The van der Waals surface area contributed by atoms with Gasteiger partial charge in [0.25, 0.3) is 0 Å². The molecule has 0 saturated heterocycles. The predicted octanol–water partition coefficient (Wildman–Crippen LogP) is 4.88. The van der Waals surface area contributed by atoms with Crippen LogP contribution < -0.4 is 10.5 Å². The van der Waals surface area contributed by atoms with Crippen LogP contribution in [0.1, 0.15) is 38.7 Å². The maximum atomic E-state index is 12.8. The second-order valence-electron chi connectivity index (χ2n) is 10.1. The number of carbonyl (C=O) groups is 2. The minimum absolute atomic E-state index is 0.0447. The third-order valence-electron chi connectivity index (χ3n) is 7.48. The maximum absolute atomic E-state index is 12.8. The number of carbonyl (C=O) groups excluding carboxylic acids is 2. The summed E-state index contributed by atoms with van der Waals surface area (Å²) in [7, 11) is 0. The first kappa shape index (κ1) is 26.9. The molecule has 42 heavy (non-hydrogen) atoms. The molecule has 1 fully saturated rings. The van der Waals surface area contributed by atoms with E-state index in [1.807, 2.05) is 47.0 Å². The largest absolute Gasteiger partial charge is 0.471 e. The van der Waals surface area contributed by atoms with Crippen LogP contribution >= 0.6 is 0 Å². The predicted molar refractivity (Wildman–Crippen MR) is 155 cm³/mol. The van der Waals surface area contributed by atoms with Gasteiger partial charge in [0.1, 0.15) is 6.61 Å². The number of anilines is 1. The van der Waals surface area contributed by atoms with Crippen molar-refractivity contribution in [2.45, 2.75) is 19.1 Å². The lowest BCUT2D eigenvalue weighted by molar-refractivity contribution is -0.0308. The van der Waals surface area contributed by atoms with Crippen molar-refractivity contribution >= 4 is 29.1 Å². The Balaban J connectivity index is 1.21. The van der Waals surface area contributed by atoms with E-state index >= 15 is 0 Å². The van der Waals surface area contributed by atoms with Gasteiger partial charge in [-0.2, -0.15) is 9.97 Å². The van der Waals surface area contributed by atoms with E-state index in [1.165, 1.54) is 0 Å². The van der Waals surface area contributed by atoms with Gasteiger partial charge in [0.05, 0.1) is 30.7 Å².